The lowest BCUT2D eigenvalue weighted by Gasteiger charge is -1.95. The maximum absolute atomic E-state index is 9.65. The highest BCUT2D eigenvalue weighted by molar-refractivity contribution is 7.17. The van der Waals surface area contributed by atoms with Gasteiger partial charge in [0.05, 0.1) is 11.6 Å². The molecule has 0 amide bonds. The standard InChI is InChI=1S/C10H6N2O2S/c13-9-8-6(7-2-1-3-14-7)4-15-10(8)12-5-11-9/h1-5H,(H,11,12,13). The van der Waals surface area contributed by atoms with Crippen molar-refractivity contribution in [3.8, 4) is 17.2 Å². The Morgan fingerprint density at radius 3 is 3.07 bits per heavy atom. The highest BCUT2D eigenvalue weighted by Crippen LogP contribution is 2.36. The fourth-order valence-electron chi connectivity index (χ4n) is 1.47. The van der Waals surface area contributed by atoms with Gasteiger partial charge in [0, 0.05) is 10.9 Å². The fourth-order valence-corrected chi connectivity index (χ4v) is 2.36. The van der Waals surface area contributed by atoms with Crippen molar-refractivity contribution < 1.29 is 9.52 Å². The molecule has 0 aliphatic rings. The first kappa shape index (κ1) is 8.43. The van der Waals surface area contributed by atoms with Crippen molar-refractivity contribution in [2.24, 2.45) is 0 Å². The Bertz CT molecular complexity index is 601. The summed E-state index contributed by atoms with van der Waals surface area (Å²) in [7, 11) is 0. The molecular weight excluding hydrogens is 212 g/mol. The molecule has 0 bridgehead atoms. The Morgan fingerprint density at radius 2 is 2.27 bits per heavy atom. The summed E-state index contributed by atoms with van der Waals surface area (Å²) < 4.78 is 5.28. The van der Waals surface area contributed by atoms with Crippen molar-refractivity contribution in [1.29, 1.82) is 0 Å². The zero-order chi connectivity index (χ0) is 10.3. The zero-order valence-electron chi connectivity index (χ0n) is 7.54. The van der Waals surface area contributed by atoms with Crippen LogP contribution >= 0.6 is 11.3 Å². The second kappa shape index (κ2) is 3.06. The van der Waals surface area contributed by atoms with Crippen LogP contribution in [0.2, 0.25) is 0 Å². The summed E-state index contributed by atoms with van der Waals surface area (Å²) in [6.45, 7) is 0. The Balaban J connectivity index is 2.37. The first-order valence-electron chi connectivity index (χ1n) is 4.31. The maximum Gasteiger partial charge on any atom is 0.223 e. The van der Waals surface area contributed by atoms with E-state index in [-0.39, 0.29) is 5.88 Å². The van der Waals surface area contributed by atoms with Gasteiger partial charge in [0.1, 0.15) is 16.9 Å². The fraction of sp³-hybridized carbons (Fsp3) is 0. The molecule has 0 saturated heterocycles. The summed E-state index contributed by atoms with van der Waals surface area (Å²) >= 11 is 1.46. The molecule has 3 aromatic rings. The summed E-state index contributed by atoms with van der Waals surface area (Å²) in [5, 5.41) is 12.2. The summed E-state index contributed by atoms with van der Waals surface area (Å²) in [5.41, 5.74) is 0.832. The van der Waals surface area contributed by atoms with Crippen LogP contribution in [0, 0.1) is 0 Å². The quantitative estimate of drug-likeness (QED) is 0.682. The van der Waals surface area contributed by atoms with Gasteiger partial charge in [0.2, 0.25) is 5.88 Å². The van der Waals surface area contributed by atoms with Gasteiger partial charge in [-0.2, -0.15) is 0 Å². The largest absolute Gasteiger partial charge is 0.493 e. The maximum atomic E-state index is 9.65. The number of nitrogens with zero attached hydrogens (tertiary/aromatic N) is 2. The van der Waals surface area contributed by atoms with Crippen LogP contribution in [0.25, 0.3) is 21.5 Å². The molecule has 0 spiro atoms. The van der Waals surface area contributed by atoms with E-state index in [0.717, 1.165) is 10.4 Å². The molecule has 3 heterocycles. The van der Waals surface area contributed by atoms with E-state index in [2.05, 4.69) is 9.97 Å². The highest BCUT2D eigenvalue weighted by atomic mass is 32.1. The van der Waals surface area contributed by atoms with Gasteiger partial charge in [-0.1, -0.05) is 0 Å². The molecule has 3 rings (SSSR count). The van der Waals surface area contributed by atoms with E-state index in [1.165, 1.54) is 17.7 Å². The third-order valence-corrected chi connectivity index (χ3v) is 3.02. The average Bonchev–Trinajstić information content (AvgIpc) is 2.85. The highest BCUT2D eigenvalue weighted by Gasteiger charge is 2.13. The third-order valence-electron chi connectivity index (χ3n) is 2.14. The predicted octanol–water partition coefficient (Wildman–Crippen LogP) is 2.66. The van der Waals surface area contributed by atoms with Gasteiger partial charge in [0.15, 0.2) is 0 Å². The monoisotopic (exact) mass is 218 g/mol. The van der Waals surface area contributed by atoms with E-state index in [4.69, 9.17) is 4.42 Å². The molecule has 74 valence electrons. The van der Waals surface area contributed by atoms with Crippen LogP contribution in [0.3, 0.4) is 0 Å². The molecule has 0 unspecified atom stereocenters. The van der Waals surface area contributed by atoms with Crippen LogP contribution in [0.1, 0.15) is 0 Å². The van der Waals surface area contributed by atoms with Crippen LogP contribution in [-0.4, -0.2) is 15.1 Å². The zero-order valence-corrected chi connectivity index (χ0v) is 8.36. The molecule has 15 heavy (non-hydrogen) atoms. The number of aromatic hydroxyl groups is 1. The molecule has 0 aliphatic carbocycles. The van der Waals surface area contributed by atoms with E-state index in [9.17, 15) is 5.11 Å². The average molecular weight is 218 g/mol. The van der Waals surface area contributed by atoms with Gasteiger partial charge in [-0.05, 0) is 12.1 Å². The minimum absolute atomic E-state index is 0.00681. The predicted molar refractivity (Wildman–Crippen MR) is 56.8 cm³/mol. The first-order chi connectivity index (χ1) is 7.36. The Morgan fingerprint density at radius 1 is 1.33 bits per heavy atom. The van der Waals surface area contributed by atoms with Crippen LogP contribution < -0.4 is 0 Å². The SMILES string of the molecule is Oc1ncnc2scc(-c3ccco3)c12. The number of fused-ring (bicyclic) bond motifs is 1. The molecule has 0 aliphatic heterocycles. The van der Waals surface area contributed by atoms with Crippen LogP contribution in [0.15, 0.2) is 34.5 Å². The third kappa shape index (κ3) is 1.20. The number of thiophene rings is 1. The minimum atomic E-state index is -0.00681. The number of hydrogen-bond donors (Lipinski definition) is 1. The van der Waals surface area contributed by atoms with Crippen LogP contribution in [-0.2, 0) is 0 Å². The van der Waals surface area contributed by atoms with E-state index < -0.39 is 0 Å². The smallest absolute Gasteiger partial charge is 0.223 e. The summed E-state index contributed by atoms with van der Waals surface area (Å²) in [4.78, 5) is 8.60. The van der Waals surface area contributed by atoms with Gasteiger partial charge < -0.3 is 9.52 Å². The molecule has 1 N–H and O–H groups in total. The topological polar surface area (TPSA) is 59.2 Å². The molecule has 0 saturated carbocycles. The van der Waals surface area contributed by atoms with Crippen LogP contribution in [0.5, 0.6) is 5.88 Å². The van der Waals surface area contributed by atoms with Crippen molar-refractivity contribution in [1.82, 2.24) is 9.97 Å². The van der Waals surface area contributed by atoms with E-state index in [1.807, 2.05) is 11.4 Å². The molecule has 0 fully saturated rings. The molecule has 0 radical (unpaired) electrons. The van der Waals surface area contributed by atoms with Crippen LogP contribution in [0.4, 0.5) is 0 Å². The lowest BCUT2D eigenvalue weighted by molar-refractivity contribution is 0.459. The molecule has 4 nitrogen and oxygen atoms in total. The Kier molecular flexibility index (Phi) is 1.72. The number of rotatable bonds is 1. The van der Waals surface area contributed by atoms with Crippen molar-refractivity contribution in [3.63, 3.8) is 0 Å². The summed E-state index contributed by atoms with van der Waals surface area (Å²) in [6, 6.07) is 3.65. The van der Waals surface area contributed by atoms with E-state index in [1.54, 1.807) is 12.3 Å². The van der Waals surface area contributed by atoms with Gasteiger partial charge in [-0.15, -0.1) is 11.3 Å². The van der Waals surface area contributed by atoms with E-state index >= 15 is 0 Å². The van der Waals surface area contributed by atoms with Gasteiger partial charge in [-0.25, -0.2) is 9.97 Å². The summed E-state index contributed by atoms with van der Waals surface area (Å²) in [6.07, 6.45) is 2.94. The number of aromatic nitrogens is 2. The van der Waals surface area contributed by atoms with Crippen molar-refractivity contribution in [2.75, 3.05) is 0 Å². The minimum Gasteiger partial charge on any atom is -0.493 e. The molecular formula is C10H6N2O2S. The second-order valence-electron chi connectivity index (χ2n) is 3.00. The normalized spacial score (nSPS) is 10.9. The molecule has 0 atom stereocenters. The van der Waals surface area contributed by atoms with Crippen molar-refractivity contribution in [3.05, 3.63) is 30.1 Å². The number of hydrogen-bond acceptors (Lipinski definition) is 5. The van der Waals surface area contributed by atoms with Gasteiger partial charge in [0.25, 0.3) is 0 Å². The summed E-state index contributed by atoms with van der Waals surface area (Å²) in [5.74, 6) is 0.707. The van der Waals surface area contributed by atoms with Crippen molar-refractivity contribution >= 4 is 21.6 Å². The Hall–Kier alpha value is -1.88. The second-order valence-corrected chi connectivity index (χ2v) is 3.86. The molecule has 0 aromatic carbocycles. The van der Waals surface area contributed by atoms with E-state index in [0.29, 0.717) is 11.1 Å². The molecule has 3 aromatic heterocycles. The van der Waals surface area contributed by atoms with Gasteiger partial charge in [-0.3, -0.25) is 0 Å². The Labute approximate surface area is 88.8 Å². The first-order valence-corrected chi connectivity index (χ1v) is 5.19. The lowest BCUT2D eigenvalue weighted by atomic mass is 10.2. The lowest BCUT2D eigenvalue weighted by Crippen LogP contribution is -1.79. The van der Waals surface area contributed by atoms with Crippen molar-refractivity contribution in [2.45, 2.75) is 0 Å². The molecule has 5 heteroatoms. The number of furan rings is 1. The van der Waals surface area contributed by atoms with Gasteiger partial charge >= 0.3 is 0 Å².